The van der Waals surface area contributed by atoms with Gasteiger partial charge in [-0.1, -0.05) is 30.3 Å². The van der Waals surface area contributed by atoms with Gasteiger partial charge in [0.15, 0.2) is 0 Å². The van der Waals surface area contributed by atoms with E-state index in [1.807, 2.05) is 30.3 Å². The molecule has 0 aromatic heterocycles. The van der Waals surface area contributed by atoms with Gasteiger partial charge in [-0.2, -0.15) is 0 Å². The Balaban J connectivity index is 0.00000312. The van der Waals surface area contributed by atoms with E-state index in [1.54, 1.807) is 11.9 Å². The monoisotopic (exact) mass is 368 g/mol. The van der Waals surface area contributed by atoms with Gasteiger partial charge in [0.25, 0.3) is 0 Å². The first-order valence-electron chi connectivity index (χ1n) is 8.62. The molecular weight excluding hydrogens is 340 g/mol. The van der Waals surface area contributed by atoms with E-state index in [0.717, 1.165) is 31.2 Å². The van der Waals surface area contributed by atoms with Gasteiger partial charge < -0.3 is 21.3 Å². The molecule has 1 aromatic rings. The average molecular weight is 369 g/mol. The molecule has 7 heteroatoms. The van der Waals surface area contributed by atoms with Crippen LogP contribution in [0.3, 0.4) is 0 Å². The Labute approximate surface area is 155 Å². The first-order valence-corrected chi connectivity index (χ1v) is 8.62. The van der Waals surface area contributed by atoms with Gasteiger partial charge in [-0.05, 0) is 31.2 Å². The summed E-state index contributed by atoms with van der Waals surface area (Å²) in [5.41, 5.74) is 6.93. The van der Waals surface area contributed by atoms with Gasteiger partial charge in [0, 0.05) is 38.6 Å². The summed E-state index contributed by atoms with van der Waals surface area (Å²) >= 11 is 0. The predicted molar refractivity (Wildman–Crippen MR) is 102 cm³/mol. The molecule has 0 atom stereocenters. The minimum Gasteiger partial charge on any atom is -0.353 e. The Kier molecular flexibility index (Phi) is 9.31. The lowest BCUT2D eigenvalue weighted by Gasteiger charge is -2.26. The van der Waals surface area contributed by atoms with E-state index in [0.29, 0.717) is 19.5 Å². The summed E-state index contributed by atoms with van der Waals surface area (Å²) < 4.78 is 0. The maximum absolute atomic E-state index is 12.0. The molecule has 3 amide bonds. The van der Waals surface area contributed by atoms with Gasteiger partial charge in [0.2, 0.25) is 5.91 Å². The number of nitrogens with one attached hydrogen (secondary N) is 2. The first-order chi connectivity index (χ1) is 11.5. The van der Waals surface area contributed by atoms with Crippen molar-refractivity contribution in [3.8, 4) is 0 Å². The van der Waals surface area contributed by atoms with Crippen molar-refractivity contribution >= 4 is 24.3 Å². The Morgan fingerprint density at radius 3 is 2.44 bits per heavy atom. The molecule has 1 aliphatic rings. The summed E-state index contributed by atoms with van der Waals surface area (Å²) in [6.45, 7) is 0.886. The van der Waals surface area contributed by atoms with Crippen LogP contribution in [0.1, 0.15) is 37.7 Å². The fourth-order valence-corrected chi connectivity index (χ4v) is 2.91. The van der Waals surface area contributed by atoms with E-state index in [1.165, 1.54) is 0 Å². The predicted octanol–water partition coefficient (Wildman–Crippen LogP) is 2.03. The number of nitrogens with two attached hydrogens (primary N) is 1. The molecule has 0 heterocycles. The zero-order valence-electron chi connectivity index (χ0n) is 14.7. The van der Waals surface area contributed by atoms with Crippen LogP contribution >= 0.6 is 12.4 Å². The molecule has 25 heavy (non-hydrogen) atoms. The number of nitrogens with zero attached hydrogens (tertiary/aromatic N) is 1. The van der Waals surface area contributed by atoms with Crippen LogP contribution in [0.2, 0.25) is 0 Å². The number of carbonyl (C=O) groups excluding carboxylic acids is 2. The normalized spacial score (nSPS) is 19.4. The van der Waals surface area contributed by atoms with Crippen molar-refractivity contribution in [3.63, 3.8) is 0 Å². The van der Waals surface area contributed by atoms with Crippen molar-refractivity contribution in [1.29, 1.82) is 0 Å². The van der Waals surface area contributed by atoms with Crippen LogP contribution in [-0.4, -0.2) is 42.5 Å². The summed E-state index contributed by atoms with van der Waals surface area (Å²) in [5, 5.41) is 5.81. The molecule has 2 rings (SSSR count). The molecule has 0 bridgehead atoms. The molecule has 1 fully saturated rings. The molecule has 1 aliphatic carbocycles. The summed E-state index contributed by atoms with van der Waals surface area (Å²) in [6, 6.07) is 10.1. The summed E-state index contributed by atoms with van der Waals surface area (Å²) in [4.78, 5) is 25.6. The third-order valence-corrected chi connectivity index (χ3v) is 4.37. The highest BCUT2D eigenvalue weighted by Gasteiger charge is 2.19. The van der Waals surface area contributed by atoms with Crippen molar-refractivity contribution in [3.05, 3.63) is 35.9 Å². The molecule has 1 aromatic carbocycles. The van der Waals surface area contributed by atoms with E-state index >= 15 is 0 Å². The lowest BCUT2D eigenvalue weighted by molar-refractivity contribution is -0.121. The van der Waals surface area contributed by atoms with E-state index in [4.69, 9.17) is 5.73 Å². The first kappa shape index (κ1) is 21.3. The molecule has 6 nitrogen and oxygen atoms in total. The summed E-state index contributed by atoms with van der Waals surface area (Å²) in [6.07, 6.45) is 4.11. The van der Waals surface area contributed by atoms with Gasteiger partial charge in [-0.3, -0.25) is 4.79 Å². The molecule has 140 valence electrons. The van der Waals surface area contributed by atoms with Crippen molar-refractivity contribution in [2.45, 2.75) is 50.7 Å². The second kappa shape index (κ2) is 10.9. The quantitative estimate of drug-likeness (QED) is 0.717. The van der Waals surface area contributed by atoms with Gasteiger partial charge in [0.05, 0.1) is 0 Å². The van der Waals surface area contributed by atoms with Gasteiger partial charge >= 0.3 is 6.03 Å². The number of hydrogen-bond acceptors (Lipinski definition) is 3. The minimum absolute atomic E-state index is 0. The van der Waals surface area contributed by atoms with E-state index in [2.05, 4.69) is 10.6 Å². The van der Waals surface area contributed by atoms with Crippen LogP contribution in [0.25, 0.3) is 0 Å². The maximum Gasteiger partial charge on any atom is 0.317 e. The van der Waals surface area contributed by atoms with E-state index in [9.17, 15) is 9.59 Å². The van der Waals surface area contributed by atoms with Crippen molar-refractivity contribution in [1.82, 2.24) is 15.5 Å². The van der Waals surface area contributed by atoms with Crippen molar-refractivity contribution in [2.24, 2.45) is 5.73 Å². The minimum atomic E-state index is -0.171. The van der Waals surface area contributed by atoms with Crippen LogP contribution in [0.5, 0.6) is 0 Å². The zero-order valence-corrected chi connectivity index (χ0v) is 15.6. The van der Waals surface area contributed by atoms with E-state index in [-0.39, 0.29) is 36.4 Å². The molecule has 4 N–H and O–H groups in total. The SMILES string of the molecule is CN(Cc1ccccc1)C(=O)NCCC(=O)NC1CCC(N)CC1.Cl. The number of carbonyl (C=O) groups is 2. The molecular formula is C18H29ClN4O2. The molecule has 0 unspecified atom stereocenters. The van der Waals surface area contributed by atoms with E-state index < -0.39 is 0 Å². The Morgan fingerprint density at radius 1 is 1.16 bits per heavy atom. The Hall–Kier alpha value is -1.79. The summed E-state index contributed by atoms with van der Waals surface area (Å²) in [5.74, 6) is -0.0125. The second-order valence-electron chi connectivity index (χ2n) is 6.50. The highest BCUT2D eigenvalue weighted by molar-refractivity contribution is 5.85. The maximum atomic E-state index is 12.0. The largest absolute Gasteiger partial charge is 0.353 e. The standard InChI is InChI=1S/C18H28N4O2.ClH/c1-22(13-14-5-3-2-4-6-14)18(24)20-12-11-17(23)21-16-9-7-15(19)8-10-16;/h2-6,15-16H,7-13,19H2,1H3,(H,20,24)(H,21,23);1H. The lowest BCUT2D eigenvalue weighted by Crippen LogP contribution is -2.42. The number of urea groups is 1. The van der Waals surface area contributed by atoms with Gasteiger partial charge in [-0.15, -0.1) is 12.4 Å². The number of rotatable bonds is 6. The Morgan fingerprint density at radius 2 is 1.80 bits per heavy atom. The fraction of sp³-hybridized carbons (Fsp3) is 0.556. The zero-order chi connectivity index (χ0) is 17.4. The number of benzene rings is 1. The Bertz CT molecular complexity index is 533. The number of amides is 3. The highest BCUT2D eigenvalue weighted by atomic mass is 35.5. The molecule has 0 spiro atoms. The molecule has 0 radical (unpaired) electrons. The summed E-state index contributed by atoms with van der Waals surface area (Å²) in [7, 11) is 1.74. The smallest absolute Gasteiger partial charge is 0.317 e. The van der Waals surface area contributed by atoms with Crippen LogP contribution in [0.15, 0.2) is 30.3 Å². The third-order valence-electron chi connectivity index (χ3n) is 4.37. The number of halogens is 1. The molecule has 0 saturated heterocycles. The van der Waals surface area contributed by atoms with Gasteiger partial charge in [0.1, 0.15) is 0 Å². The lowest BCUT2D eigenvalue weighted by atomic mass is 9.92. The van der Waals surface area contributed by atoms with Gasteiger partial charge in [-0.25, -0.2) is 4.79 Å². The third kappa shape index (κ3) is 7.75. The topological polar surface area (TPSA) is 87.5 Å². The average Bonchev–Trinajstić information content (AvgIpc) is 2.57. The molecule has 0 aliphatic heterocycles. The van der Waals surface area contributed by atoms with Crippen LogP contribution < -0.4 is 16.4 Å². The van der Waals surface area contributed by atoms with Crippen LogP contribution in [0, 0.1) is 0 Å². The van der Waals surface area contributed by atoms with Crippen LogP contribution in [0.4, 0.5) is 4.79 Å². The van der Waals surface area contributed by atoms with Crippen molar-refractivity contribution < 1.29 is 9.59 Å². The fourth-order valence-electron chi connectivity index (χ4n) is 2.91. The second-order valence-corrected chi connectivity index (χ2v) is 6.50. The molecule has 1 saturated carbocycles. The number of hydrogen-bond donors (Lipinski definition) is 3. The highest BCUT2D eigenvalue weighted by Crippen LogP contribution is 2.16. The van der Waals surface area contributed by atoms with Crippen LogP contribution in [-0.2, 0) is 11.3 Å². The van der Waals surface area contributed by atoms with Crippen molar-refractivity contribution in [2.75, 3.05) is 13.6 Å².